The lowest BCUT2D eigenvalue weighted by molar-refractivity contribution is -0.0382. The second kappa shape index (κ2) is 9.01. The van der Waals surface area contributed by atoms with Crippen molar-refractivity contribution in [3.63, 3.8) is 0 Å². The summed E-state index contributed by atoms with van der Waals surface area (Å²) in [5.74, 6) is 0. The van der Waals surface area contributed by atoms with Gasteiger partial charge in [-0.2, -0.15) is 5.26 Å². The van der Waals surface area contributed by atoms with Gasteiger partial charge in [-0.1, -0.05) is 0 Å². The molecule has 1 N–H and O–H groups in total. The first kappa shape index (κ1) is 20.0. The van der Waals surface area contributed by atoms with Crippen LogP contribution in [0.3, 0.4) is 0 Å². The number of anilines is 1. The van der Waals surface area contributed by atoms with Gasteiger partial charge in [0, 0.05) is 63.9 Å². The van der Waals surface area contributed by atoms with Crippen molar-refractivity contribution in [1.29, 1.82) is 5.26 Å². The van der Waals surface area contributed by atoms with E-state index in [2.05, 4.69) is 37.7 Å². The summed E-state index contributed by atoms with van der Waals surface area (Å²) in [7, 11) is 0. The number of aromatic nitrogens is 2. The smallest absolute Gasteiger partial charge is 0.166 e. The van der Waals surface area contributed by atoms with Crippen LogP contribution in [0.5, 0.6) is 0 Å². The molecule has 0 spiro atoms. The zero-order chi connectivity index (χ0) is 20.2. The third-order valence-corrected chi connectivity index (χ3v) is 5.74. The van der Waals surface area contributed by atoms with E-state index in [-0.39, 0.29) is 18.8 Å². The number of nitriles is 1. The van der Waals surface area contributed by atoms with Gasteiger partial charge < -0.3 is 14.7 Å². The first-order valence-electron chi connectivity index (χ1n) is 10.3. The molecule has 2 atom stereocenters. The Balaban J connectivity index is 1.47. The molecule has 2 aliphatic heterocycles. The van der Waals surface area contributed by atoms with Crippen molar-refractivity contribution < 1.29 is 9.84 Å². The Kier molecular flexibility index (Phi) is 6.21. The van der Waals surface area contributed by atoms with E-state index in [0.717, 1.165) is 63.4 Å². The monoisotopic (exact) mass is 396 g/mol. The molecule has 2 aromatic rings. The van der Waals surface area contributed by atoms with E-state index < -0.39 is 0 Å². The van der Waals surface area contributed by atoms with Gasteiger partial charge >= 0.3 is 0 Å². The van der Waals surface area contributed by atoms with Crippen LogP contribution in [0.15, 0.2) is 24.5 Å². The molecule has 0 amide bonds. The molecule has 8 nitrogen and oxygen atoms in total. The molecule has 2 saturated heterocycles. The van der Waals surface area contributed by atoms with Gasteiger partial charge in [-0.15, -0.1) is 0 Å². The minimum absolute atomic E-state index is 0.116. The maximum atomic E-state index is 9.35. The minimum Gasteiger partial charge on any atom is -0.395 e. The van der Waals surface area contributed by atoms with Gasteiger partial charge in [0.25, 0.3) is 0 Å². The molecule has 2 fully saturated rings. The average Bonchev–Trinajstić information content (AvgIpc) is 2.74. The van der Waals surface area contributed by atoms with Crippen LogP contribution in [0.25, 0.3) is 10.9 Å². The summed E-state index contributed by atoms with van der Waals surface area (Å²) in [5.41, 5.74) is 2.03. The number of β-amino-alcohol motifs (C(OH)–C–C–N with tert-alkyl or cyclic N) is 1. The number of aliphatic hydroxyl groups is 1. The highest BCUT2D eigenvalue weighted by Gasteiger charge is 2.29. The molecular weight excluding hydrogens is 368 g/mol. The SMILES string of the molecule is C[C@@H]1CN(c2cnc(C#N)c3ncccc23)C[C@H](CN2CCN(CCO)CC2)O1. The quantitative estimate of drug-likeness (QED) is 0.790. The van der Waals surface area contributed by atoms with E-state index in [0.29, 0.717) is 11.2 Å². The Morgan fingerprint density at radius 1 is 1.21 bits per heavy atom. The topological polar surface area (TPSA) is 88.8 Å². The third kappa shape index (κ3) is 4.49. The van der Waals surface area contributed by atoms with Crippen molar-refractivity contribution in [1.82, 2.24) is 19.8 Å². The zero-order valence-corrected chi connectivity index (χ0v) is 16.9. The summed E-state index contributed by atoms with van der Waals surface area (Å²) in [6.07, 6.45) is 3.73. The number of aliphatic hydroxyl groups excluding tert-OH is 1. The van der Waals surface area contributed by atoms with Gasteiger partial charge in [-0.3, -0.25) is 14.8 Å². The molecule has 0 aliphatic carbocycles. The van der Waals surface area contributed by atoms with Crippen molar-refractivity contribution in [2.24, 2.45) is 0 Å². The van der Waals surface area contributed by atoms with Crippen LogP contribution in [0.1, 0.15) is 12.6 Å². The second-order valence-electron chi connectivity index (χ2n) is 7.84. The van der Waals surface area contributed by atoms with Crippen molar-refractivity contribution >= 4 is 16.6 Å². The number of ether oxygens (including phenoxy) is 1. The molecule has 8 heteroatoms. The minimum atomic E-state index is 0.116. The highest BCUT2D eigenvalue weighted by atomic mass is 16.5. The van der Waals surface area contributed by atoms with Gasteiger partial charge in [-0.05, 0) is 19.1 Å². The molecule has 0 bridgehead atoms. The maximum Gasteiger partial charge on any atom is 0.166 e. The predicted molar refractivity (Wildman–Crippen MR) is 111 cm³/mol. The van der Waals surface area contributed by atoms with E-state index in [1.54, 1.807) is 12.4 Å². The summed E-state index contributed by atoms with van der Waals surface area (Å²) in [6.45, 7) is 9.54. The molecule has 2 aromatic heterocycles. The van der Waals surface area contributed by atoms with E-state index in [4.69, 9.17) is 9.84 Å². The van der Waals surface area contributed by atoms with Crippen molar-refractivity contribution in [3.05, 3.63) is 30.2 Å². The van der Waals surface area contributed by atoms with Gasteiger partial charge in [0.05, 0.1) is 30.7 Å². The molecule has 4 heterocycles. The number of pyridine rings is 2. The number of nitrogens with zero attached hydrogens (tertiary/aromatic N) is 6. The van der Waals surface area contributed by atoms with Gasteiger partial charge in [0.2, 0.25) is 0 Å². The predicted octanol–water partition coefficient (Wildman–Crippen LogP) is 0.705. The fraction of sp³-hybridized carbons (Fsp3) is 0.571. The van der Waals surface area contributed by atoms with E-state index in [9.17, 15) is 5.26 Å². The molecule has 0 aromatic carbocycles. The van der Waals surface area contributed by atoms with Crippen LogP contribution in [0, 0.1) is 11.3 Å². The second-order valence-corrected chi connectivity index (χ2v) is 7.84. The molecule has 29 heavy (non-hydrogen) atoms. The number of fused-ring (bicyclic) bond motifs is 1. The highest BCUT2D eigenvalue weighted by Crippen LogP contribution is 2.29. The summed E-state index contributed by atoms with van der Waals surface area (Å²) in [5, 5.41) is 19.4. The van der Waals surface area contributed by atoms with Crippen molar-refractivity contribution in [2.75, 3.05) is 63.9 Å². The van der Waals surface area contributed by atoms with Crippen LogP contribution in [0.4, 0.5) is 5.69 Å². The number of hydrogen-bond donors (Lipinski definition) is 1. The lowest BCUT2D eigenvalue weighted by Crippen LogP contribution is -2.54. The van der Waals surface area contributed by atoms with E-state index >= 15 is 0 Å². The van der Waals surface area contributed by atoms with Crippen LogP contribution in [-0.2, 0) is 4.74 Å². The first-order chi connectivity index (χ1) is 14.2. The Hall–Kier alpha value is -2.31. The molecule has 0 unspecified atom stereocenters. The van der Waals surface area contributed by atoms with Crippen LogP contribution < -0.4 is 4.90 Å². The number of rotatable bonds is 5. The highest BCUT2D eigenvalue weighted by molar-refractivity contribution is 5.93. The van der Waals surface area contributed by atoms with Gasteiger partial charge in [0.1, 0.15) is 11.6 Å². The Labute approximate surface area is 171 Å². The van der Waals surface area contributed by atoms with Crippen LogP contribution in [0.2, 0.25) is 0 Å². The standard InChI is InChI=1S/C21H28N6O2/c1-16-13-27(20-12-24-19(11-22)21-18(20)3-2-4-23-21)15-17(29-16)14-26-7-5-25(6-8-26)9-10-28/h2-4,12,16-17,28H,5-10,13-15H2,1H3/t16-,17+/m1/s1. The maximum absolute atomic E-state index is 9.35. The fourth-order valence-corrected chi connectivity index (χ4v) is 4.36. The number of piperazine rings is 1. The van der Waals surface area contributed by atoms with Gasteiger partial charge in [-0.25, -0.2) is 4.98 Å². The van der Waals surface area contributed by atoms with Crippen LogP contribution in [-0.4, -0.2) is 96.0 Å². The molecule has 4 rings (SSSR count). The summed E-state index contributed by atoms with van der Waals surface area (Å²) in [6, 6.07) is 6.05. The Morgan fingerprint density at radius 3 is 2.76 bits per heavy atom. The number of hydrogen-bond acceptors (Lipinski definition) is 8. The van der Waals surface area contributed by atoms with Crippen molar-refractivity contribution in [3.8, 4) is 6.07 Å². The summed E-state index contributed by atoms with van der Waals surface area (Å²) >= 11 is 0. The Morgan fingerprint density at radius 2 is 2.00 bits per heavy atom. The Bertz CT molecular complexity index is 877. The lowest BCUT2D eigenvalue weighted by atomic mass is 10.1. The molecule has 0 saturated carbocycles. The lowest BCUT2D eigenvalue weighted by Gasteiger charge is -2.42. The van der Waals surface area contributed by atoms with E-state index in [1.165, 1.54) is 0 Å². The largest absolute Gasteiger partial charge is 0.395 e. The number of morpholine rings is 1. The first-order valence-corrected chi connectivity index (χ1v) is 10.3. The van der Waals surface area contributed by atoms with E-state index in [1.807, 2.05) is 12.1 Å². The van der Waals surface area contributed by atoms with Crippen molar-refractivity contribution in [2.45, 2.75) is 19.1 Å². The zero-order valence-electron chi connectivity index (χ0n) is 16.9. The third-order valence-electron chi connectivity index (χ3n) is 5.74. The molecule has 154 valence electrons. The molecule has 2 aliphatic rings. The summed E-state index contributed by atoms with van der Waals surface area (Å²) in [4.78, 5) is 15.8. The van der Waals surface area contributed by atoms with Crippen LogP contribution >= 0.6 is 0 Å². The van der Waals surface area contributed by atoms with Gasteiger partial charge in [0.15, 0.2) is 5.69 Å². The summed E-state index contributed by atoms with van der Waals surface area (Å²) < 4.78 is 6.25. The normalized spacial score (nSPS) is 24.0. The molecular formula is C21H28N6O2. The molecule has 0 radical (unpaired) electrons. The average molecular weight is 396 g/mol. The fourth-order valence-electron chi connectivity index (χ4n) is 4.36.